The van der Waals surface area contributed by atoms with Crippen molar-refractivity contribution >= 4 is 28.4 Å². The SMILES string of the molecule is COc1cccc(-c2[nH]c3ccccc3c2C2c3ccccc3C(=O)N2CC(=O)Nc2cccnc2)c1. The molecule has 6 rings (SSSR count). The molecule has 7 heteroatoms. The Morgan fingerprint density at radius 2 is 1.86 bits per heavy atom. The number of amides is 2. The standard InChI is InChI=1S/C30H24N4O3/c1-37-21-10-6-8-19(16-21)28-27(24-13-4-5-14-25(24)33-28)29-22-11-2-3-12-23(22)30(36)34(29)18-26(35)32-20-9-7-15-31-17-20/h2-17,29,33H,18H2,1H3,(H,32,35). The van der Waals surface area contributed by atoms with Crippen LogP contribution in [0, 0.1) is 0 Å². The average Bonchev–Trinajstić information content (AvgIpc) is 3.44. The smallest absolute Gasteiger partial charge is 0.255 e. The van der Waals surface area contributed by atoms with Crippen LogP contribution in [0.1, 0.15) is 27.5 Å². The lowest BCUT2D eigenvalue weighted by Gasteiger charge is -2.26. The number of carbonyl (C=O) groups excluding carboxylic acids is 2. The molecule has 2 aromatic heterocycles. The van der Waals surface area contributed by atoms with E-state index in [2.05, 4.69) is 15.3 Å². The minimum absolute atomic E-state index is 0.107. The van der Waals surface area contributed by atoms with Crippen LogP contribution in [-0.4, -0.2) is 40.3 Å². The number of hydrogen-bond acceptors (Lipinski definition) is 4. The lowest BCUT2D eigenvalue weighted by atomic mass is 9.93. The van der Waals surface area contributed by atoms with E-state index in [1.54, 1.807) is 36.5 Å². The van der Waals surface area contributed by atoms with Crippen LogP contribution >= 0.6 is 0 Å². The van der Waals surface area contributed by atoms with Gasteiger partial charge in [-0.2, -0.15) is 0 Å². The van der Waals surface area contributed by atoms with Crippen LogP contribution in [0.4, 0.5) is 5.69 Å². The lowest BCUT2D eigenvalue weighted by molar-refractivity contribution is -0.117. The number of hydrogen-bond donors (Lipinski definition) is 2. The van der Waals surface area contributed by atoms with E-state index >= 15 is 0 Å². The van der Waals surface area contributed by atoms with E-state index in [1.165, 1.54) is 0 Å². The van der Waals surface area contributed by atoms with Crippen molar-refractivity contribution in [3.63, 3.8) is 0 Å². The van der Waals surface area contributed by atoms with Gasteiger partial charge in [0.25, 0.3) is 5.91 Å². The summed E-state index contributed by atoms with van der Waals surface area (Å²) >= 11 is 0. The Morgan fingerprint density at radius 3 is 2.70 bits per heavy atom. The second-order valence-corrected chi connectivity index (χ2v) is 8.90. The fraction of sp³-hybridized carbons (Fsp3) is 0.100. The second kappa shape index (κ2) is 9.28. The Hall–Kier alpha value is -4.91. The van der Waals surface area contributed by atoms with Gasteiger partial charge in [0.2, 0.25) is 5.91 Å². The minimum Gasteiger partial charge on any atom is -0.497 e. The van der Waals surface area contributed by atoms with E-state index in [1.807, 2.05) is 72.8 Å². The first-order chi connectivity index (χ1) is 18.1. The van der Waals surface area contributed by atoms with Gasteiger partial charge in [0.15, 0.2) is 0 Å². The summed E-state index contributed by atoms with van der Waals surface area (Å²) in [6.07, 6.45) is 3.22. The molecule has 7 nitrogen and oxygen atoms in total. The number of aromatic amines is 1. The van der Waals surface area contributed by atoms with Crippen molar-refractivity contribution in [2.24, 2.45) is 0 Å². The minimum atomic E-state index is -0.458. The van der Waals surface area contributed by atoms with Gasteiger partial charge in [-0.1, -0.05) is 48.5 Å². The third-order valence-corrected chi connectivity index (χ3v) is 6.70. The predicted octanol–water partition coefficient (Wildman–Crippen LogP) is 5.42. The number of H-pyrrole nitrogens is 1. The molecule has 2 amide bonds. The molecule has 37 heavy (non-hydrogen) atoms. The molecule has 0 spiro atoms. The lowest BCUT2D eigenvalue weighted by Crippen LogP contribution is -2.36. The van der Waals surface area contributed by atoms with Crippen LogP contribution in [0.5, 0.6) is 5.75 Å². The molecule has 5 aromatic rings. The number of carbonyl (C=O) groups is 2. The molecule has 0 bridgehead atoms. The zero-order valence-corrected chi connectivity index (χ0v) is 20.1. The first-order valence-electron chi connectivity index (χ1n) is 12.0. The van der Waals surface area contributed by atoms with Crippen molar-refractivity contribution in [3.05, 3.63) is 114 Å². The fourth-order valence-corrected chi connectivity index (χ4v) is 5.09. The van der Waals surface area contributed by atoms with Gasteiger partial charge in [0.05, 0.1) is 30.7 Å². The monoisotopic (exact) mass is 488 g/mol. The number of nitrogens with zero attached hydrogens (tertiary/aromatic N) is 2. The Morgan fingerprint density at radius 1 is 1.03 bits per heavy atom. The van der Waals surface area contributed by atoms with Gasteiger partial charge >= 0.3 is 0 Å². The number of para-hydroxylation sites is 1. The predicted molar refractivity (Wildman–Crippen MR) is 142 cm³/mol. The highest BCUT2D eigenvalue weighted by Gasteiger charge is 2.41. The van der Waals surface area contributed by atoms with Crippen LogP contribution in [-0.2, 0) is 4.79 Å². The number of rotatable bonds is 6. The van der Waals surface area contributed by atoms with Crippen LogP contribution in [0.15, 0.2) is 97.3 Å². The van der Waals surface area contributed by atoms with Gasteiger partial charge < -0.3 is 19.9 Å². The topological polar surface area (TPSA) is 87.3 Å². The summed E-state index contributed by atoms with van der Waals surface area (Å²) in [7, 11) is 1.64. The third kappa shape index (κ3) is 4.00. The Labute approximate surface area is 213 Å². The third-order valence-electron chi connectivity index (χ3n) is 6.70. The van der Waals surface area contributed by atoms with Crippen molar-refractivity contribution in [1.29, 1.82) is 0 Å². The summed E-state index contributed by atoms with van der Waals surface area (Å²) < 4.78 is 5.48. The summed E-state index contributed by atoms with van der Waals surface area (Å²) in [4.78, 5) is 36.1. The van der Waals surface area contributed by atoms with Gasteiger partial charge in [-0.25, -0.2) is 0 Å². The molecule has 1 unspecified atom stereocenters. The first-order valence-corrected chi connectivity index (χ1v) is 12.0. The number of pyridine rings is 1. The van der Waals surface area contributed by atoms with Crippen LogP contribution < -0.4 is 10.1 Å². The molecule has 0 saturated heterocycles. The summed E-state index contributed by atoms with van der Waals surface area (Å²) in [5, 5.41) is 3.85. The van der Waals surface area contributed by atoms with Crippen molar-refractivity contribution < 1.29 is 14.3 Å². The Kier molecular flexibility index (Phi) is 5.65. The van der Waals surface area contributed by atoms with E-state index < -0.39 is 6.04 Å². The van der Waals surface area contributed by atoms with Gasteiger partial charge in [-0.05, 0) is 42.0 Å². The molecule has 0 fully saturated rings. The molecular weight excluding hydrogens is 464 g/mol. The van der Waals surface area contributed by atoms with Crippen molar-refractivity contribution in [3.8, 4) is 17.0 Å². The van der Waals surface area contributed by atoms with Gasteiger partial charge in [-0.3, -0.25) is 14.6 Å². The number of nitrogens with one attached hydrogen (secondary N) is 2. The molecule has 3 heterocycles. The molecule has 0 saturated carbocycles. The van der Waals surface area contributed by atoms with E-state index in [9.17, 15) is 9.59 Å². The van der Waals surface area contributed by atoms with Crippen molar-refractivity contribution in [2.75, 3.05) is 19.0 Å². The zero-order chi connectivity index (χ0) is 25.4. The highest BCUT2D eigenvalue weighted by atomic mass is 16.5. The molecule has 2 N–H and O–H groups in total. The van der Waals surface area contributed by atoms with E-state index in [4.69, 9.17) is 4.74 Å². The maximum absolute atomic E-state index is 13.7. The maximum Gasteiger partial charge on any atom is 0.255 e. The summed E-state index contributed by atoms with van der Waals surface area (Å²) in [5.41, 5.74) is 5.76. The average molecular weight is 489 g/mol. The summed E-state index contributed by atoms with van der Waals surface area (Å²) in [6.45, 7) is -0.107. The van der Waals surface area contributed by atoms with Crippen LogP contribution in [0.3, 0.4) is 0 Å². The van der Waals surface area contributed by atoms with Crippen molar-refractivity contribution in [1.82, 2.24) is 14.9 Å². The molecule has 0 radical (unpaired) electrons. The normalized spacial score (nSPS) is 14.6. The zero-order valence-electron chi connectivity index (χ0n) is 20.1. The van der Waals surface area contributed by atoms with Crippen LogP contribution in [0.2, 0.25) is 0 Å². The summed E-state index contributed by atoms with van der Waals surface area (Å²) in [6, 6.07) is 26.5. The number of benzene rings is 3. The molecule has 182 valence electrons. The number of ether oxygens (including phenoxy) is 1. The van der Waals surface area contributed by atoms with E-state index in [0.717, 1.165) is 39.0 Å². The number of fused-ring (bicyclic) bond motifs is 2. The highest BCUT2D eigenvalue weighted by Crippen LogP contribution is 2.45. The van der Waals surface area contributed by atoms with Crippen LogP contribution in [0.25, 0.3) is 22.2 Å². The maximum atomic E-state index is 13.7. The van der Waals surface area contributed by atoms with Gasteiger partial charge in [-0.15, -0.1) is 0 Å². The summed E-state index contributed by atoms with van der Waals surface area (Å²) in [5.74, 6) is 0.267. The number of methoxy groups -OCH3 is 1. The number of anilines is 1. The van der Waals surface area contributed by atoms with Gasteiger partial charge in [0.1, 0.15) is 12.3 Å². The molecular formula is C30H24N4O3. The first kappa shape index (κ1) is 22.5. The number of aromatic nitrogens is 2. The molecule has 0 aliphatic carbocycles. The largest absolute Gasteiger partial charge is 0.497 e. The molecule has 1 aliphatic rings. The molecule has 1 atom stereocenters. The highest BCUT2D eigenvalue weighted by molar-refractivity contribution is 6.05. The molecule has 1 aliphatic heterocycles. The van der Waals surface area contributed by atoms with Crippen molar-refractivity contribution in [2.45, 2.75) is 6.04 Å². The Balaban J connectivity index is 1.50. The second-order valence-electron chi connectivity index (χ2n) is 8.90. The quantitative estimate of drug-likeness (QED) is 0.334. The Bertz CT molecular complexity index is 1630. The van der Waals surface area contributed by atoms with E-state index in [0.29, 0.717) is 11.3 Å². The van der Waals surface area contributed by atoms with Gasteiger partial charge in [0, 0.05) is 33.8 Å². The van der Waals surface area contributed by atoms with E-state index in [-0.39, 0.29) is 18.4 Å². The fourth-order valence-electron chi connectivity index (χ4n) is 5.09. The molecule has 3 aromatic carbocycles.